The van der Waals surface area contributed by atoms with Gasteiger partial charge in [-0.3, -0.25) is 0 Å². The maximum Gasteiger partial charge on any atom is 0.165 e. The van der Waals surface area contributed by atoms with Gasteiger partial charge in [0.1, 0.15) is 5.82 Å². The van der Waals surface area contributed by atoms with Gasteiger partial charge >= 0.3 is 0 Å². The van der Waals surface area contributed by atoms with E-state index in [0.29, 0.717) is 10.9 Å². The van der Waals surface area contributed by atoms with Crippen LogP contribution < -0.4 is 10.5 Å². The van der Waals surface area contributed by atoms with Crippen LogP contribution >= 0.6 is 15.9 Å². The molecule has 1 unspecified atom stereocenters. The third-order valence-electron chi connectivity index (χ3n) is 3.06. The third-order valence-corrected chi connectivity index (χ3v) is 3.80. The van der Waals surface area contributed by atoms with E-state index in [2.05, 4.69) is 15.9 Å². The van der Waals surface area contributed by atoms with Gasteiger partial charge in [0.05, 0.1) is 7.11 Å². The van der Waals surface area contributed by atoms with Crippen LogP contribution in [0.1, 0.15) is 17.2 Å². The summed E-state index contributed by atoms with van der Waals surface area (Å²) in [6.07, 6.45) is 0.510. The predicted octanol–water partition coefficient (Wildman–Crippen LogP) is 3.98. The third kappa shape index (κ3) is 3.35. The lowest BCUT2D eigenvalue weighted by Crippen LogP contribution is -2.14. The number of benzene rings is 2. The summed E-state index contributed by atoms with van der Waals surface area (Å²) in [6.45, 7) is 0. The van der Waals surface area contributed by atoms with Crippen molar-refractivity contribution < 1.29 is 13.5 Å². The largest absolute Gasteiger partial charge is 0.494 e. The van der Waals surface area contributed by atoms with Crippen molar-refractivity contribution in [2.24, 2.45) is 5.73 Å². The van der Waals surface area contributed by atoms with E-state index in [9.17, 15) is 8.78 Å². The molecule has 0 aromatic heterocycles. The van der Waals surface area contributed by atoms with Crippen molar-refractivity contribution in [1.82, 2.24) is 0 Å². The Morgan fingerprint density at radius 2 is 1.95 bits per heavy atom. The summed E-state index contributed by atoms with van der Waals surface area (Å²) in [4.78, 5) is 0. The number of rotatable bonds is 4. The topological polar surface area (TPSA) is 35.2 Å². The van der Waals surface area contributed by atoms with Gasteiger partial charge in [0.25, 0.3) is 0 Å². The highest BCUT2D eigenvalue weighted by Gasteiger charge is 2.12. The van der Waals surface area contributed by atoms with Crippen LogP contribution in [0.25, 0.3) is 0 Å². The lowest BCUT2D eigenvalue weighted by Gasteiger charge is -2.14. The number of nitrogens with two attached hydrogens (primary N) is 1. The van der Waals surface area contributed by atoms with E-state index in [0.717, 1.165) is 11.1 Å². The molecule has 20 heavy (non-hydrogen) atoms. The van der Waals surface area contributed by atoms with Crippen molar-refractivity contribution in [3.05, 3.63) is 63.6 Å². The first-order valence-corrected chi connectivity index (χ1v) is 6.83. The highest BCUT2D eigenvalue weighted by molar-refractivity contribution is 9.10. The van der Waals surface area contributed by atoms with E-state index in [1.807, 2.05) is 0 Å². The molecule has 5 heteroatoms. The minimum absolute atomic E-state index is 0.163. The zero-order chi connectivity index (χ0) is 14.7. The Morgan fingerprint density at radius 1 is 1.20 bits per heavy atom. The normalized spacial score (nSPS) is 12.2. The van der Waals surface area contributed by atoms with Crippen molar-refractivity contribution in [2.45, 2.75) is 12.5 Å². The summed E-state index contributed by atoms with van der Waals surface area (Å²) in [5.41, 5.74) is 7.77. The second kappa shape index (κ2) is 6.33. The predicted molar refractivity (Wildman–Crippen MR) is 77.7 cm³/mol. The summed E-state index contributed by atoms with van der Waals surface area (Å²) >= 11 is 3.31. The van der Waals surface area contributed by atoms with Gasteiger partial charge in [-0.2, -0.15) is 0 Å². The van der Waals surface area contributed by atoms with Crippen LogP contribution in [0.2, 0.25) is 0 Å². The molecular formula is C15H14BrF2NO. The first-order valence-electron chi connectivity index (χ1n) is 6.04. The molecule has 0 saturated carbocycles. The van der Waals surface area contributed by atoms with Gasteiger partial charge in [-0.15, -0.1) is 0 Å². The molecule has 0 amide bonds. The molecular weight excluding hydrogens is 328 g/mol. The number of hydrogen-bond acceptors (Lipinski definition) is 2. The monoisotopic (exact) mass is 341 g/mol. The van der Waals surface area contributed by atoms with Crippen molar-refractivity contribution >= 4 is 15.9 Å². The summed E-state index contributed by atoms with van der Waals surface area (Å²) in [6, 6.07) is 8.67. The van der Waals surface area contributed by atoms with Crippen LogP contribution in [0.5, 0.6) is 5.75 Å². The lowest BCUT2D eigenvalue weighted by molar-refractivity contribution is 0.385. The van der Waals surface area contributed by atoms with E-state index >= 15 is 0 Å². The molecule has 2 rings (SSSR count). The molecule has 0 saturated heterocycles. The average Bonchev–Trinajstić information content (AvgIpc) is 2.42. The molecule has 0 radical (unpaired) electrons. The molecule has 0 heterocycles. The molecule has 0 fully saturated rings. The molecule has 0 spiro atoms. The minimum Gasteiger partial charge on any atom is -0.494 e. The molecule has 2 aromatic rings. The molecule has 2 N–H and O–H groups in total. The Hall–Kier alpha value is -1.46. The van der Waals surface area contributed by atoms with Gasteiger partial charge in [-0.25, -0.2) is 8.78 Å². The van der Waals surface area contributed by atoms with Gasteiger partial charge in [0.15, 0.2) is 11.6 Å². The summed E-state index contributed by atoms with van der Waals surface area (Å²) in [7, 11) is 1.41. The van der Waals surface area contributed by atoms with Gasteiger partial charge in [-0.05, 0) is 41.8 Å². The second-order valence-corrected chi connectivity index (χ2v) is 5.29. The van der Waals surface area contributed by atoms with Gasteiger partial charge in [-0.1, -0.05) is 28.1 Å². The van der Waals surface area contributed by atoms with Crippen LogP contribution in [-0.4, -0.2) is 7.11 Å². The van der Waals surface area contributed by atoms with E-state index in [1.54, 1.807) is 18.2 Å². The Balaban J connectivity index is 2.21. The summed E-state index contributed by atoms with van der Waals surface area (Å²) in [5, 5.41) is 0. The van der Waals surface area contributed by atoms with Crippen molar-refractivity contribution in [1.29, 1.82) is 0 Å². The van der Waals surface area contributed by atoms with Crippen LogP contribution in [0.3, 0.4) is 0 Å². The molecule has 2 nitrogen and oxygen atoms in total. The van der Waals surface area contributed by atoms with Crippen LogP contribution in [0.4, 0.5) is 8.78 Å². The van der Waals surface area contributed by atoms with Crippen molar-refractivity contribution in [3.8, 4) is 5.75 Å². The van der Waals surface area contributed by atoms with E-state index in [-0.39, 0.29) is 17.6 Å². The van der Waals surface area contributed by atoms with E-state index in [1.165, 1.54) is 25.3 Å². The quantitative estimate of drug-likeness (QED) is 0.912. The SMILES string of the molecule is COc1cc(C(N)Cc2ccc(F)cc2Br)ccc1F. The fraction of sp³-hybridized carbons (Fsp3) is 0.200. The molecule has 0 bridgehead atoms. The van der Waals surface area contributed by atoms with Crippen LogP contribution in [0, 0.1) is 11.6 Å². The molecule has 2 aromatic carbocycles. The maximum atomic E-state index is 13.4. The standard InChI is InChI=1S/C15H14BrF2NO/c1-20-15-7-10(3-5-13(15)18)14(19)6-9-2-4-11(17)8-12(9)16/h2-5,7-8,14H,6,19H2,1H3. The number of halogens is 3. The fourth-order valence-corrected chi connectivity index (χ4v) is 2.46. The minimum atomic E-state index is -0.425. The van der Waals surface area contributed by atoms with Gasteiger partial charge in [0.2, 0.25) is 0 Å². The maximum absolute atomic E-state index is 13.4. The zero-order valence-corrected chi connectivity index (χ0v) is 12.5. The molecule has 0 aliphatic heterocycles. The smallest absolute Gasteiger partial charge is 0.165 e. The van der Waals surface area contributed by atoms with E-state index in [4.69, 9.17) is 10.5 Å². The Morgan fingerprint density at radius 3 is 2.60 bits per heavy atom. The first kappa shape index (κ1) is 14.9. The van der Waals surface area contributed by atoms with Crippen molar-refractivity contribution in [2.75, 3.05) is 7.11 Å². The average molecular weight is 342 g/mol. The highest BCUT2D eigenvalue weighted by atomic mass is 79.9. The van der Waals surface area contributed by atoms with Crippen molar-refractivity contribution in [3.63, 3.8) is 0 Å². The summed E-state index contributed by atoms with van der Waals surface area (Å²) in [5.74, 6) is -0.569. The molecule has 0 aliphatic carbocycles. The number of ether oxygens (including phenoxy) is 1. The number of hydrogen-bond donors (Lipinski definition) is 1. The van der Waals surface area contributed by atoms with Gasteiger partial charge in [0, 0.05) is 10.5 Å². The lowest BCUT2D eigenvalue weighted by atomic mass is 9.99. The second-order valence-electron chi connectivity index (χ2n) is 4.44. The Bertz CT molecular complexity index is 619. The number of methoxy groups -OCH3 is 1. The van der Waals surface area contributed by atoms with Crippen LogP contribution in [0.15, 0.2) is 40.9 Å². The fourth-order valence-electron chi connectivity index (χ4n) is 1.95. The van der Waals surface area contributed by atoms with Gasteiger partial charge < -0.3 is 10.5 Å². The van der Waals surface area contributed by atoms with Crippen LogP contribution in [-0.2, 0) is 6.42 Å². The summed E-state index contributed by atoms with van der Waals surface area (Å²) < 4.78 is 32.0. The highest BCUT2D eigenvalue weighted by Crippen LogP contribution is 2.26. The molecule has 106 valence electrons. The zero-order valence-electron chi connectivity index (χ0n) is 10.9. The Kier molecular flexibility index (Phi) is 4.73. The Labute approximate surface area is 124 Å². The molecule has 0 aliphatic rings. The molecule has 1 atom stereocenters. The van der Waals surface area contributed by atoms with E-state index < -0.39 is 5.82 Å². The first-order chi connectivity index (χ1) is 9.51.